The van der Waals surface area contributed by atoms with Crippen molar-refractivity contribution in [1.82, 2.24) is 0 Å². The Hall–Kier alpha value is -8.77. The van der Waals surface area contributed by atoms with Gasteiger partial charge in [-0.15, -0.1) is 23.1 Å². The summed E-state index contributed by atoms with van der Waals surface area (Å²) in [7, 11) is 0. The van der Waals surface area contributed by atoms with Crippen LogP contribution in [0.5, 0.6) is 0 Å². The van der Waals surface area contributed by atoms with Crippen molar-refractivity contribution in [3.05, 3.63) is 271 Å². The number of halogens is 6. The molecular weight excluding hydrogens is 1100 g/mol. The van der Waals surface area contributed by atoms with Gasteiger partial charge >= 0.3 is 0 Å². The van der Waals surface area contributed by atoms with E-state index in [1.807, 2.05) is 62.4 Å². The second kappa shape index (κ2) is 28.5. The van der Waals surface area contributed by atoms with Crippen LogP contribution in [0.1, 0.15) is 50.3 Å². The van der Waals surface area contributed by atoms with Gasteiger partial charge in [-0.1, -0.05) is 155 Å². The third-order valence-electron chi connectivity index (χ3n) is 14.1. The molecule has 84 heavy (non-hydrogen) atoms. The van der Waals surface area contributed by atoms with Gasteiger partial charge in [-0.3, -0.25) is 0 Å². The fraction of sp³-hybridized carbons (Fsp3) is 0.123. The molecule has 12 aromatic rings. The normalized spacial score (nSPS) is 12.2. The SMILES string of the molecule is C1=CCCC(OCCc2ccc(-c3cccs3)cc2)=C1.C=C(SC)c1ccc(CC)cc1.CC.F/C=C(F)/C(F)=C/F.Fc1ccc(-c2ccc3oc4cccc5c4c(c3c2)c2cccc3oc4ccc(-c6ccc(F)cc6)cc4c5c32)cc1. The fourth-order valence-corrected chi connectivity index (χ4v) is 11.0. The van der Waals surface area contributed by atoms with Crippen molar-refractivity contribution in [3.63, 3.8) is 0 Å². The number of thiophene rings is 1. The zero-order valence-electron chi connectivity index (χ0n) is 46.8. The molecule has 3 nitrogen and oxygen atoms in total. The van der Waals surface area contributed by atoms with Crippen LogP contribution in [0.4, 0.5) is 26.3 Å². The smallest absolute Gasteiger partial charge is 0.189 e. The highest BCUT2D eigenvalue weighted by Crippen LogP contribution is 2.47. The van der Waals surface area contributed by atoms with Gasteiger partial charge in [0.25, 0.3) is 0 Å². The Bertz CT molecular complexity index is 4130. The minimum Gasteiger partial charge on any atom is -0.498 e. The molecule has 3 aromatic heterocycles. The highest BCUT2D eigenvalue weighted by Gasteiger charge is 2.21. The second-order valence-electron chi connectivity index (χ2n) is 19.2. The predicted molar refractivity (Wildman–Crippen MR) is 343 cm³/mol. The first-order valence-corrected chi connectivity index (χ1v) is 29.7. The number of aryl methyl sites for hydroxylation is 1. The molecule has 1 aliphatic carbocycles. The van der Waals surface area contributed by atoms with Gasteiger partial charge in [-0.2, -0.15) is 0 Å². The lowest BCUT2D eigenvalue weighted by Crippen LogP contribution is -2.00. The van der Waals surface area contributed by atoms with Crippen molar-refractivity contribution >= 4 is 93.4 Å². The average molecular weight is 1160 g/mol. The van der Waals surface area contributed by atoms with Crippen LogP contribution in [0.2, 0.25) is 0 Å². The fourth-order valence-electron chi connectivity index (χ4n) is 9.93. The number of hydrogen-bond acceptors (Lipinski definition) is 5. The van der Waals surface area contributed by atoms with Gasteiger partial charge in [0.2, 0.25) is 0 Å². The number of rotatable bonds is 11. The maximum atomic E-state index is 13.7. The van der Waals surface area contributed by atoms with E-state index >= 15 is 0 Å². The quantitative estimate of drug-likeness (QED) is 0.0560. The molecule has 424 valence electrons. The Kier molecular flexibility index (Phi) is 20.3. The van der Waals surface area contributed by atoms with Gasteiger partial charge < -0.3 is 13.6 Å². The van der Waals surface area contributed by atoms with Crippen molar-refractivity contribution in [2.24, 2.45) is 0 Å². The minimum atomic E-state index is -1.84. The first kappa shape index (κ1) is 59.8. The molecule has 0 aliphatic heterocycles. The minimum absolute atomic E-state index is 0.262. The number of allylic oxidation sites excluding steroid dienone is 6. The van der Waals surface area contributed by atoms with E-state index < -0.39 is 24.3 Å². The second-order valence-corrected chi connectivity index (χ2v) is 21.1. The lowest BCUT2D eigenvalue weighted by atomic mass is 9.89. The monoisotopic (exact) mass is 1160 g/mol. The molecule has 0 atom stereocenters. The average Bonchev–Trinajstić information content (AvgIpc) is 0.851. The Balaban J connectivity index is 0.000000166. The number of ether oxygens (including phenoxy) is 1. The number of benzene rings is 9. The molecule has 0 saturated heterocycles. The van der Waals surface area contributed by atoms with Gasteiger partial charge in [-0.25, -0.2) is 26.3 Å². The van der Waals surface area contributed by atoms with Crippen molar-refractivity contribution in [2.45, 2.75) is 46.5 Å². The highest BCUT2D eigenvalue weighted by molar-refractivity contribution is 8.07. The van der Waals surface area contributed by atoms with E-state index in [1.54, 1.807) is 47.4 Å². The summed E-state index contributed by atoms with van der Waals surface area (Å²) in [4.78, 5) is 2.46. The van der Waals surface area contributed by atoms with Crippen molar-refractivity contribution < 1.29 is 39.9 Å². The zero-order chi connectivity index (χ0) is 59.1. The topological polar surface area (TPSA) is 35.5 Å². The van der Waals surface area contributed by atoms with E-state index in [4.69, 9.17) is 13.6 Å². The third kappa shape index (κ3) is 13.8. The van der Waals surface area contributed by atoms with Crippen LogP contribution >= 0.6 is 23.1 Å². The molecule has 0 radical (unpaired) electrons. The Morgan fingerprint density at radius 1 is 0.571 bits per heavy atom. The summed E-state index contributed by atoms with van der Waals surface area (Å²) in [5.74, 6) is -3.09. The molecular formula is C73H60F6O3S2. The van der Waals surface area contributed by atoms with Crippen molar-refractivity contribution in [2.75, 3.05) is 12.9 Å². The summed E-state index contributed by atoms with van der Waals surface area (Å²) < 4.78 is 90.5. The first-order valence-electron chi connectivity index (χ1n) is 27.6. The molecule has 0 bridgehead atoms. The molecule has 0 saturated carbocycles. The standard InChI is InChI=1S/C38H20F2O2.C18H18OS.C11H14S.C4H2F4.C2H6/c39-25-13-7-21(8-14-25)23-12-18-32-29(19-23)35-27-3-1-5-33-37(27)36(28-4-2-6-34(42-32)38(28)35)30-20-24(11-17-31(30)41-33)22-9-15-26(40)16-10-22;1-2-5-17(6-3-1)19-13-12-15-8-10-16(11-9-15)18-7-4-14-20-18;1-4-10-5-7-11(8-6-10)9(2)12-3;5-1-3(7)4(8)2-6;1-2/h1-20H;1-2,4-5,7-11,14H,3,6,12-13H2;5-8H,2,4H2,1,3H3;1-2H;1-2H3/b;;;3-1-,4-2-;. The van der Waals surface area contributed by atoms with E-state index in [9.17, 15) is 26.3 Å². The molecule has 0 unspecified atom stereocenters. The van der Waals surface area contributed by atoms with Crippen LogP contribution in [-0.4, -0.2) is 12.9 Å². The van der Waals surface area contributed by atoms with E-state index in [2.05, 4.69) is 128 Å². The van der Waals surface area contributed by atoms with Crippen LogP contribution in [0.15, 0.2) is 251 Å². The summed E-state index contributed by atoms with van der Waals surface area (Å²) in [6.07, 6.45) is 11.3. The lowest BCUT2D eigenvalue weighted by Gasteiger charge is -2.17. The van der Waals surface area contributed by atoms with Crippen LogP contribution in [0.3, 0.4) is 0 Å². The van der Waals surface area contributed by atoms with Gasteiger partial charge in [-0.05, 0) is 153 Å². The summed E-state index contributed by atoms with van der Waals surface area (Å²) >= 11 is 3.48. The first-order chi connectivity index (χ1) is 41.0. The van der Waals surface area contributed by atoms with E-state index in [1.165, 1.54) is 51.4 Å². The molecule has 3 heterocycles. The van der Waals surface area contributed by atoms with Gasteiger partial charge in [0.15, 0.2) is 11.7 Å². The molecule has 9 aromatic carbocycles. The Labute approximate surface area is 493 Å². The summed E-state index contributed by atoms with van der Waals surface area (Å²) in [6.45, 7) is 10.9. The molecule has 1 aliphatic rings. The third-order valence-corrected chi connectivity index (χ3v) is 15.8. The highest BCUT2D eigenvalue weighted by atomic mass is 32.2. The van der Waals surface area contributed by atoms with Gasteiger partial charge in [0.05, 0.1) is 12.4 Å². The van der Waals surface area contributed by atoms with Crippen LogP contribution in [0, 0.1) is 11.6 Å². The molecule has 0 N–H and O–H groups in total. The molecule has 0 amide bonds. The van der Waals surface area contributed by atoms with E-state index in [0.29, 0.717) is 0 Å². The van der Waals surface area contributed by atoms with Crippen LogP contribution in [-0.2, 0) is 17.6 Å². The molecule has 11 heteroatoms. The maximum absolute atomic E-state index is 13.7. The number of hydrogen-bond donors (Lipinski definition) is 0. The summed E-state index contributed by atoms with van der Waals surface area (Å²) in [5.41, 5.74) is 12.2. The van der Waals surface area contributed by atoms with E-state index in [-0.39, 0.29) is 11.6 Å². The summed E-state index contributed by atoms with van der Waals surface area (Å²) in [5, 5.41) is 10.5. The lowest BCUT2D eigenvalue weighted by molar-refractivity contribution is 0.205. The molecule has 0 fully saturated rings. The largest absolute Gasteiger partial charge is 0.498 e. The summed E-state index contributed by atoms with van der Waals surface area (Å²) in [6, 6.07) is 59.4. The zero-order valence-corrected chi connectivity index (χ0v) is 48.5. The molecule has 0 spiro atoms. The Morgan fingerprint density at radius 2 is 1.07 bits per heavy atom. The maximum Gasteiger partial charge on any atom is 0.189 e. The molecule has 13 rings (SSSR count). The van der Waals surface area contributed by atoms with Gasteiger partial charge in [0, 0.05) is 54.9 Å². The van der Waals surface area contributed by atoms with Crippen molar-refractivity contribution in [1.29, 1.82) is 0 Å². The number of fused-ring (bicyclic) bond motifs is 6. The van der Waals surface area contributed by atoms with E-state index in [0.717, 1.165) is 131 Å². The van der Waals surface area contributed by atoms with Gasteiger partial charge in [0.1, 0.15) is 46.6 Å². The van der Waals surface area contributed by atoms with Crippen LogP contribution < -0.4 is 0 Å². The Morgan fingerprint density at radius 3 is 1.52 bits per heavy atom. The number of thioether (sulfide) groups is 1. The predicted octanol–water partition coefficient (Wildman–Crippen LogP) is 23.8. The van der Waals surface area contributed by atoms with Crippen molar-refractivity contribution in [3.8, 4) is 32.7 Å². The van der Waals surface area contributed by atoms with Crippen LogP contribution in [0.25, 0.3) is 103 Å².